The number of nitrogen functional groups attached to an aromatic ring is 1. The first-order valence-electron chi connectivity index (χ1n) is 5.50. The molecule has 0 saturated heterocycles. The summed E-state index contributed by atoms with van der Waals surface area (Å²) < 4.78 is 5.56. The van der Waals surface area contributed by atoms with E-state index in [2.05, 4.69) is 31.2 Å². The summed E-state index contributed by atoms with van der Waals surface area (Å²) in [6, 6.07) is 3.70. The van der Waals surface area contributed by atoms with E-state index in [1.54, 1.807) is 6.20 Å². The van der Waals surface area contributed by atoms with Crippen molar-refractivity contribution in [3.8, 4) is 0 Å². The normalized spacial score (nSPS) is 11.5. The van der Waals surface area contributed by atoms with E-state index in [1.807, 2.05) is 12.1 Å². The molecule has 1 aromatic heterocycles. The molecule has 0 radical (unpaired) electrons. The number of hydrogen-bond donors (Lipinski definition) is 2. The molecule has 0 unspecified atom stereocenters. The van der Waals surface area contributed by atoms with Crippen LogP contribution in [0, 0.1) is 5.41 Å². The van der Waals surface area contributed by atoms with E-state index in [0.717, 1.165) is 24.4 Å². The zero-order chi connectivity index (χ0) is 12.0. The van der Waals surface area contributed by atoms with Crippen LogP contribution in [0.2, 0.25) is 0 Å². The third kappa shape index (κ3) is 5.09. The molecular formula is C12H21N3O. The molecule has 0 aromatic carbocycles. The third-order valence-electron chi connectivity index (χ3n) is 2.23. The number of nitrogens with one attached hydrogen (secondary N) is 1. The Morgan fingerprint density at radius 3 is 2.81 bits per heavy atom. The fourth-order valence-corrected chi connectivity index (χ4v) is 1.20. The number of aromatic nitrogens is 1. The van der Waals surface area contributed by atoms with Crippen molar-refractivity contribution >= 4 is 5.69 Å². The lowest BCUT2D eigenvalue weighted by molar-refractivity contribution is 0.0941. The Bertz CT molecular complexity index is 320. The van der Waals surface area contributed by atoms with E-state index in [1.165, 1.54) is 0 Å². The van der Waals surface area contributed by atoms with Crippen molar-refractivity contribution in [2.75, 3.05) is 12.0 Å². The smallest absolute Gasteiger partial charge is 0.0888 e. The van der Waals surface area contributed by atoms with Crippen molar-refractivity contribution in [2.45, 2.75) is 33.8 Å². The van der Waals surface area contributed by atoms with E-state index in [4.69, 9.17) is 10.6 Å². The molecule has 90 valence electrons. The zero-order valence-corrected chi connectivity index (χ0v) is 10.3. The molecular weight excluding hydrogens is 202 g/mol. The Balaban J connectivity index is 2.32. The molecule has 0 fully saturated rings. The lowest BCUT2D eigenvalue weighted by atomic mass is 9.93. The number of rotatable bonds is 5. The van der Waals surface area contributed by atoms with Crippen LogP contribution < -0.4 is 11.3 Å². The van der Waals surface area contributed by atoms with Crippen molar-refractivity contribution in [3.05, 3.63) is 24.0 Å². The van der Waals surface area contributed by atoms with Gasteiger partial charge in [-0.05, 0) is 24.0 Å². The standard InChI is InChI=1S/C12H21N3O/c1-12(2,3)5-7-16-9-11-8-10(15-13)4-6-14-11/h4,6,8H,5,7,9,13H2,1-3H3,(H,14,15). The largest absolute Gasteiger partial charge is 0.375 e. The van der Waals surface area contributed by atoms with E-state index in [0.29, 0.717) is 12.0 Å². The van der Waals surface area contributed by atoms with E-state index < -0.39 is 0 Å². The molecule has 1 aromatic rings. The highest BCUT2D eigenvalue weighted by atomic mass is 16.5. The first kappa shape index (κ1) is 12.9. The van der Waals surface area contributed by atoms with Crippen LogP contribution >= 0.6 is 0 Å². The van der Waals surface area contributed by atoms with Gasteiger partial charge in [-0.3, -0.25) is 10.8 Å². The Hall–Kier alpha value is -1.13. The quantitative estimate of drug-likeness (QED) is 0.457. The molecule has 4 nitrogen and oxygen atoms in total. The van der Waals surface area contributed by atoms with Gasteiger partial charge in [-0.1, -0.05) is 20.8 Å². The molecule has 0 amide bonds. The van der Waals surface area contributed by atoms with E-state index >= 15 is 0 Å². The van der Waals surface area contributed by atoms with Gasteiger partial charge >= 0.3 is 0 Å². The minimum Gasteiger partial charge on any atom is -0.375 e. The summed E-state index contributed by atoms with van der Waals surface area (Å²) in [5, 5.41) is 0. The first-order chi connectivity index (χ1) is 7.51. The van der Waals surface area contributed by atoms with Crippen molar-refractivity contribution < 1.29 is 4.74 Å². The maximum absolute atomic E-state index is 5.56. The number of nitrogens with two attached hydrogens (primary N) is 1. The van der Waals surface area contributed by atoms with Crippen molar-refractivity contribution in [2.24, 2.45) is 11.3 Å². The second-order valence-corrected chi connectivity index (χ2v) is 5.04. The number of hydrogen-bond acceptors (Lipinski definition) is 4. The summed E-state index contributed by atoms with van der Waals surface area (Å²) >= 11 is 0. The Labute approximate surface area is 97.2 Å². The van der Waals surface area contributed by atoms with Gasteiger partial charge in [0.05, 0.1) is 18.0 Å². The van der Waals surface area contributed by atoms with Crippen LogP contribution in [0.15, 0.2) is 18.3 Å². The van der Waals surface area contributed by atoms with Gasteiger partial charge in [-0.2, -0.15) is 0 Å². The molecule has 0 atom stereocenters. The molecule has 4 heteroatoms. The zero-order valence-electron chi connectivity index (χ0n) is 10.3. The summed E-state index contributed by atoms with van der Waals surface area (Å²) in [5.74, 6) is 5.31. The van der Waals surface area contributed by atoms with Crippen molar-refractivity contribution in [1.29, 1.82) is 0 Å². The number of nitrogens with zero attached hydrogens (tertiary/aromatic N) is 1. The van der Waals surface area contributed by atoms with Crippen LogP contribution in [-0.4, -0.2) is 11.6 Å². The maximum Gasteiger partial charge on any atom is 0.0888 e. The Morgan fingerprint density at radius 2 is 2.19 bits per heavy atom. The van der Waals surface area contributed by atoms with Gasteiger partial charge in [0, 0.05) is 12.8 Å². The predicted molar refractivity (Wildman–Crippen MR) is 65.8 cm³/mol. The lowest BCUT2D eigenvalue weighted by Crippen LogP contribution is -2.10. The van der Waals surface area contributed by atoms with Crippen LogP contribution in [-0.2, 0) is 11.3 Å². The highest BCUT2D eigenvalue weighted by molar-refractivity contribution is 5.41. The molecule has 0 aliphatic rings. The number of pyridine rings is 1. The summed E-state index contributed by atoms with van der Waals surface area (Å²) in [7, 11) is 0. The average molecular weight is 223 g/mol. The molecule has 1 rings (SSSR count). The number of ether oxygens (including phenoxy) is 1. The van der Waals surface area contributed by atoms with Crippen molar-refractivity contribution in [3.63, 3.8) is 0 Å². The topological polar surface area (TPSA) is 60.2 Å². The number of hydrazine groups is 1. The molecule has 0 spiro atoms. The first-order valence-corrected chi connectivity index (χ1v) is 5.50. The Morgan fingerprint density at radius 1 is 1.44 bits per heavy atom. The third-order valence-corrected chi connectivity index (χ3v) is 2.23. The monoisotopic (exact) mass is 223 g/mol. The van der Waals surface area contributed by atoms with Crippen molar-refractivity contribution in [1.82, 2.24) is 4.98 Å². The van der Waals surface area contributed by atoms with Crippen LogP contribution in [0.4, 0.5) is 5.69 Å². The van der Waals surface area contributed by atoms with Gasteiger partial charge in [0.2, 0.25) is 0 Å². The maximum atomic E-state index is 5.56. The second kappa shape index (κ2) is 5.82. The van der Waals surface area contributed by atoms with E-state index in [9.17, 15) is 0 Å². The summed E-state index contributed by atoms with van der Waals surface area (Å²) in [6.07, 6.45) is 2.76. The summed E-state index contributed by atoms with van der Waals surface area (Å²) in [5.41, 5.74) is 4.64. The molecule has 3 N–H and O–H groups in total. The minimum atomic E-state index is 0.314. The van der Waals surface area contributed by atoms with E-state index in [-0.39, 0.29) is 0 Å². The van der Waals surface area contributed by atoms with Crippen LogP contribution in [0.5, 0.6) is 0 Å². The molecule has 0 aliphatic carbocycles. The fraction of sp³-hybridized carbons (Fsp3) is 0.583. The minimum absolute atomic E-state index is 0.314. The van der Waals surface area contributed by atoms with Gasteiger partial charge < -0.3 is 10.2 Å². The van der Waals surface area contributed by atoms with Crippen LogP contribution in [0.1, 0.15) is 32.9 Å². The number of anilines is 1. The van der Waals surface area contributed by atoms with Gasteiger partial charge in [-0.25, -0.2) is 0 Å². The van der Waals surface area contributed by atoms with Gasteiger partial charge in [0.25, 0.3) is 0 Å². The fourth-order valence-electron chi connectivity index (χ4n) is 1.20. The summed E-state index contributed by atoms with van der Waals surface area (Å²) in [4.78, 5) is 4.20. The highest BCUT2D eigenvalue weighted by Crippen LogP contribution is 2.18. The van der Waals surface area contributed by atoms with Gasteiger partial charge in [0.1, 0.15) is 0 Å². The molecule has 16 heavy (non-hydrogen) atoms. The lowest BCUT2D eigenvalue weighted by Gasteiger charge is -2.17. The van der Waals surface area contributed by atoms with Crippen LogP contribution in [0.3, 0.4) is 0 Å². The van der Waals surface area contributed by atoms with Gasteiger partial charge in [-0.15, -0.1) is 0 Å². The van der Waals surface area contributed by atoms with Gasteiger partial charge in [0.15, 0.2) is 0 Å². The van der Waals surface area contributed by atoms with Crippen LogP contribution in [0.25, 0.3) is 0 Å². The molecule has 1 heterocycles. The highest BCUT2D eigenvalue weighted by Gasteiger charge is 2.09. The SMILES string of the molecule is CC(C)(C)CCOCc1cc(NN)ccn1. The average Bonchev–Trinajstić information content (AvgIpc) is 2.23. The predicted octanol–water partition coefficient (Wildman–Crippen LogP) is 2.32. The molecule has 0 bridgehead atoms. The molecule has 0 aliphatic heterocycles. The molecule has 0 saturated carbocycles. The summed E-state index contributed by atoms with van der Waals surface area (Å²) in [6.45, 7) is 7.89. The second-order valence-electron chi connectivity index (χ2n) is 5.04. The Kier molecular flexibility index (Phi) is 4.71.